The van der Waals surface area contributed by atoms with E-state index in [1.54, 1.807) is 13.8 Å². The Morgan fingerprint density at radius 1 is 0.864 bits per heavy atom. The first-order valence-electron chi connectivity index (χ1n) is 6.95. The number of hydrogen-bond acceptors (Lipinski definition) is 5. The lowest BCUT2D eigenvalue weighted by Crippen LogP contribution is -2.25. The second-order valence-electron chi connectivity index (χ2n) is 5.33. The van der Waals surface area contributed by atoms with Crippen LogP contribution >= 0.6 is 0 Å². The molecule has 5 nitrogen and oxygen atoms in total. The van der Waals surface area contributed by atoms with Gasteiger partial charge in [0.1, 0.15) is 11.4 Å². The zero-order chi connectivity index (χ0) is 15.9. The van der Waals surface area contributed by atoms with E-state index < -0.39 is 0 Å². The summed E-state index contributed by atoms with van der Waals surface area (Å²) in [5.74, 6) is -0.620. The van der Waals surface area contributed by atoms with Gasteiger partial charge in [-0.3, -0.25) is 9.59 Å². The predicted molar refractivity (Wildman–Crippen MR) is 83.1 cm³/mol. The highest BCUT2D eigenvalue weighted by molar-refractivity contribution is 6.23. The molecule has 0 aliphatic heterocycles. The molecule has 1 aromatic carbocycles. The molecule has 0 fully saturated rings. The van der Waals surface area contributed by atoms with Crippen LogP contribution in [0, 0.1) is 20.8 Å². The largest absolute Gasteiger partial charge is 0.352 e. The molecule has 0 unspecified atom stereocenters. The molecule has 1 heterocycles. The van der Waals surface area contributed by atoms with Crippen LogP contribution in [0.25, 0.3) is 0 Å². The van der Waals surface area contributed by atoms with Crippen molar-refractivity contribution in [3.05, 3.63) is 64.4 Å². The fourth-order valence-electron chi connectivity index (χ4n) is 2.21. The van der Waals surface area contributed by atoms with Crippen LogP contribution in [0.15, 0.2) is 36.0 Å². The number of aryl methyl sites for hydroxylation is 3. The van der Waals surface area contributed by atoms with Crippen LogP contribution in [0.2, 0.25) is 0 Å². The number of fused-ring (bicyclic) bond motifs is 1. The molecule has 0 saturated carbocycles. The minimum Gasteiger partial charge on any atom is -0.352 e. The minimum absolute atomic E-state index is 0.116. The molecular weight excluding hydrogens is 278 g/mol. The van der Waals surface area contributed by atoms with Gasteiger partial charge in [0.2, 0.25) is 11.6 Å². The molecule has 0 atom stereocenters. The highest BCUT2D eigenvalue weighted by Crippen LogP contribution is 2.21. The number of ketones is 2. The summed E-state index contributed by atoms with van der Waals surface area (Å²) in [5.41, 5.74) is 3.64. The third-order valence-corrected chi connectivity index (χ3v) is 3.61. The lowest BCUT2D eigenvalue weighted by molar-refractivity contribution is 0.0977. The van der Waals surface area contributed by atoms with Crippen molar-refractivity contribution in [3.8, 4) is 0 Å². The Morgan fingerprint density at radius 2 is 1.45 bits per heavy atom. The Morgan fingerprint density at radius 3 is 2.09 bits per heavy atom. The zero-order valence-corrected chi connectivity index (χ0v) is 12.6. The van der Waals surface area contributed by atoms with Gasteiger partial charge in [0.15, 0.2) is 0 Å². The van der Waals surface area contributed by atoms with E-state index in [1.165, 1.54) is 6.08 Å². The first kappa shape index (κ1) is 14.1. The van der Waals surface area contributed by atoms with Crippen molar-refractivity contribution in [1.82, 2.24) is 9.97 Å². The quantitative estimate of drug-likeness (QED) is 0.921. The average Bonchev–Trinajstić information content (AvgIpc) is 2.49. The lowest BCUT2D eigenvalue weighted by Gasteiger charge is -2.16. The van der Waals surface area contributed by atoms with Gasteiger partial charge < -0.3 is 5.32 Å². The van der Waals surface area contributed by atoms with Crippen molar-refractivity contribution >= 4 is 17.3 Å². The Labute approximate surface area is 128 Å². The highest BCUT2D eigenvalue weighted by atomic mass is 16.1. The number of Topliss-reactive ketones (excluding diaryl/α,β-unsaturated/α-hetero) is 1. The summed E-state index contributed by atoms with van der Waals surface area (Å²) in [5, 5.41) is 2.99. The van der Waals surface area contributed by atoms with Gasteiger partial charge in [0, 0.05) is 11.8 Å². The highest BCUT2D eigenvalue weighted by Gasteiger charge is 2.29. The molecule has 22 heavy (non-hydrogen) atoms. The molecule has 0 saturated heterocycles. The predicted octanol–water partition coefficient (Wildman–Crippen LogP) is 2.78. The number of nitrogens with one attached hydrogen (secondary N) is 1. The van der Waals surface area contributed by atoms with E-state index in [1.807, 2.05) is 31.2 Å². The normalized spacial score (nSPS) is 13.7. The maximum atomic E-state index is 12.5. The van der Waals surface area contributed by atoms with Crippen molar-refractivity contribution in [2.24, 2.45) is 0 Å². The van der Waals surface area contributed by atoms with Crippen LogP contribution in [-0.2, 0) is 0 Å². The molecule has 5 heteroatoms. The smallest absolute Gasteiger partial charge is 0.230 e. The zero-order valence-electron chi connectivity index (χ0n) is 12.6. The molecule has 2 aromatic rings. The topological polar surface area (TPSA) is 72.0 Å². The summed E-state index contributed by atoms with van der Waals surface area (Å²) in [6, 6.07) is 7.57. The average molecular weight is 293 g/mol. The van der Waals surface area contributed by atoms with Crippen molar-refractivity contribution < 1.29 is 9.59 Å². The Kier molecular flexibility index (Phi) is 3.33. The van der Waals surface area contributed by atoms with E-state index in [0.29, 0.717) is 11.4 Å². The molecule has 110 valence electrons. The first-order valence-corrected chi connectivity index (χ1v) is 6.95. The Bertz CT molecular complexity index is 821. The Hall–Kier alpha value is -2.82. The van der Waals surface area contributed by atoms with Crippen LogP contribution in [0.4, 0.5) is 5.69 Å². The summed E-state index contributed by atoms with van der Waals surface area (Å²) >= 11 is 0. The fraction of sp³-hybridized carbons (Fsp3) is 0.176. The van der Waals surface area contributed by atoms with Crippen molar-refractivity contribution in [3.63, 3.8) is 0 Å². The van der Waals surface area contributed by atoms with Gasteiger partial charge in [0.05, 0.1) is 17.1 Å². The molecule has 1 N–H and O–H groups in total. The minimum atomic E-state index is -0.314. The molecule has 0 amide bonds. The number of carbonyl (C=O) groups excluding carboxylic acids is 2. The number of allylic oxidation sites excluding steroid dienone is 2. The van der Waals surface area contributed by atoms with Gasteiger partial charge in [0.25, 0.3) is 0 Å². The second kappa shape index (κ2) is 5.18. The standard InChI is InChI=1S/C17H15N3O2/c1-9-4-6-12(7-5-9)20-13-8-14(21)15-16(17(13)22)19-11(3)10(2)18-15/h4-8,20H,1-3H3. The number of anilines is 1. The van der Waals surface area contributed by atoms with Crippen molar-refractivity contribution in [1.29, 1.82) is 0 Å². The van der Waals surface area contributed by atoms with Gasteiger partial charge in [-0.15, -0.1) is 0 Å². The number of hydrogen-bond donors (Lipinski definition) is 1. The maximum absolute atomic E-state index is 12.5. The number of benzene rings is 1. The molecule has 0 radical (unpaired) electrons. The van der Waals surface area contributed by atoms with Gasteiger partial charge in [-0.25, -0.2) is 9.97 Å². The van der Waals surface area contributed by atoms with Gasteiger partial charge in [-0.1, -0.05) is 17.7 Å². The monoisotopic (exact) mass is 293 g/mol. The summed E-state index contributed by atoms with van der Waals surface area (Å²) in [7, 11) is 0. The molecule has 1 aliphatic rings. The summed E-state index contributed by atoms with van der Waals surface area (Å²) in [6.45, 7) is 5.52. The molecular formula is C17H15N3O2. The molecule has 3 rings (SSSR count). The second-order valence-corrected chi connectivity index (χ2v) is 5.33. The SMILES string of the molecule is Cc1ccc(NC2=CC(=O)c3nc(C)c(C)nc3C2=O)cc1. The van der Waals surface area contributed by atoms with Crippen LogP contribution in [0.3, 0.4) is 0 Å². The van der Waals surface area contributed by atoms with E-state index in [9.17, 15) is 9.59 Å². The summed E-state index contributed by atoms with van der Waals surface area (Å²) in [6.07, 6.45) is 1.29. The van der Waals surface area contributed by atoms with E-state index in [0.717, 1.165) is 11.3 Å². The third-order valence-electron chi connectivity index (χ3n) is 3.61. The number of rotatable bonds is 2. The van der Waals surface area contributed by atoms with E-state index in [4.69, 9.17) is 0 Å². The number of nitrogens with zero attached hydrogens (tertiary/aromatic N) is 2. The van der Waals surface area contributed by atoms with Crippen LogP contribution < -0.4 is 5.32 Å². The fourth-order valence-corrected chi connectivity index (χ4v) is 2.21. The first-order chi connectivity index (χ1) is 10.5. The summed E-state index contributed by atoms with van der Waals surface area (Å²) in [4.78, 5) is 33.1. The maximum Gasteiger partial charge on any atom is 0.230 e. The van der Waals surface area contributed by atoms with Gasteiger partial charge in [-0.05, 0) is 32.9 Å². The van der Waals surface area contributed by atoms with Crippen molar-refractivity contribution in [2.45, 2.75) is 20.8 Å². The Balaban J connectivity index is 1.98. The molecule has 1 aromatic heterocycles. The third kappa shape index (κ3) is 2.41. The van der Waals surface area contributed by atoms with Gasteiger partial charge in [-0.2, -0.15) is 0 Å². The molecule has 1 aliphatic carbocycles. The van der Waals surface area contributed by atoms with Crippen molar-refractivity contribution in [2.75, 3.05) is 5.32 Å². The van der Waals surface area contributed by atoms with Crippen LogP contribution in [0.5, 0.6) is 0 Å². The lowest BCUT2D eigenvalue weighted by atomic mass is 10.0. The van der Waals surface area contributed by atoms with E-state index >= 15 is 0 Å². The van der Waals surface area contributed by atoms with E-state index in [2.05, 4.69) is 15.3 Å². The summed E-state index contributed by atoms with van der Waals surface area (Å²) < 4.78 is 0. The molecule has 0 spiro atoms. The number of carbonyl (C=O) groups is 2. The molecule has 0 bridgehead atoms. The number of aromatic nitrogens is 2. The van der Waals surface area contributed by atoms with Crippen LogP contribution in [0.1, 0.15) is 37.9 Å². The van der Waals surface area contributed by atoms with Gasteiger partial charge >= 0.3 is 0 Å². The van der Waals surface area contributed by atoms with E-state index in [-0.39, 0.29) is 28.7 Å². The van der Waals surface area contributed by atoms with Crippen LogP contribution in [-0.4, -0.2) is 21.5 Å².